The molecule has 3 rings (SSSR count). The largest absolute Gasteiger partial charge is 0.381 e. The fourth-order valence-corrected chi connectivity index (χ4v) is 3.73. The van der Waals surface area contributed by atoms with Crippen molar-refractivity contribution in [2.24, 2.45) is 5.92 Å². The molecule has 1 aromatic carbocycles. The molecule has 2 nitrogen and oxygen atoms in total. The second kappa shape index (κ2) is 5.46. The summed E-state index contributed by atoms with van der Waals surface area (Å²) < 4.78 is 5.51. The minimum Gasteiger partial charge on any atom is -0.381 e. The number of hydrogen-bond donors (Lipinski definition) is 0. The molecule has 0 aromatic heterocycles. The van der Waals surface area contributed by atoms with Crippen molar-refractivity contribution in [1.29, 1.82) is 0 Å². The van der Waals surface area contributed by atoms with E-state index in [1.54, 1.807) is 0 Å². The predicted octanol–water partition coefficient (Wildman–Crippen LogP) is 3.49. The molecule has 1 aliphatic heterocycles. The summed E-state index contributed by atoms with van der Waals surface area (Å²) in [7, 11) is 0. The Kier molecular flexibility index (Phi) is 3.69. The number of carbonyl (C=O) groups excluding carboxylic acids is 1. The molecule has 1 aromatic rings. The van der Waals surface area contributed by atoms with Crippen LogP contribution in [0.5, 0.6) is 0 Å². The van der Waals surface area contributed by atoms with E-state index in [9.17, 15) is 4.79 Å². The number of ketones is 1. The van der Waals surface area contributed by atoms with Crippen molar-refractivity contribution in [1.82, 2.24) is 0 Å². The Morgan fingerprint density at radius 1 is 1.05 bits per heavy atom. The number of Topliss-reactive ketones (excluding diaryl/α,β-unsaturated/α-hetero) is 1. The number of carbonyl (C=O) groups is 1. The molecule has 2 fully saturated rings. The van der Waals surface area contributed by atoms with Crippen LogP contribution >= 0.6 is 0 Å². The molecule has 0 radical (unpaired) electrons. The lowest BCUT2D eigenvalue weighted by molar-refractivity contribution is -0.132. The molecule has 0 unspecified atom stereocenters. The van der Waals surface area contributed by atoms with Crippen LogP contribution in [-0.4, -0.2) is 19.0 Å². The van der Waals surface area contributed by atoms with E-state index in [0.717, 1.165) is 25.7 Å². The second-order valence-corrected chi connectivity index (χ2v) is 5.91. The molecule has 0 bridgehead atoms. The van der Waals surface area contributed by atoms with Gasteiger partial charge < -0.3 is 4.74 Å². The average molecular weight is 258 g/mol. The highest BCUT2D eigenvalue weighted by Crippen LogP contribution is 2.41. The first-order valence-electron chi connectivity index (χ1n) is 7.50. The normalized spacial score (nSPS) is 23.4. The Morgan fingerprint density at radius 2 is 1.68 bits per heavy atom. The molecule has 0 spiro atoms. The first kappa shape index (κ1) is 12.9. The van der Waals surface area contributed by atoms with Gasteiger partial charge in [0.15, 0.2) is 0 Å². The van der Waals surface area contributed by atoms with Crippen LogP contribution in [0, 0.1) is 5.92 Å². The van der Waals surface area contributed by atoms with Gasteiger partial charge in [0.2, 0.25) is 0 Å². The van der Waals surface area contributed by atoms with Crippen LogP contribution in [0.25, 0.3) is 0 Å². The fourth-order valence-electron chi connectivity index (χ4n) is 3.73. The van der Waals surface area contributed by atoms with Gasteiger partial charge in [0.1, 0.15) is 5.78 Å². The second-order valence-electron chi connectivity index (χ2n) is 5.91. The van der Waals surface area contributed by atoms with Crippen LogP contribution in [0.1, 0.15) is 44.1 Å². The summed E-state index contributed by atoms with van der Waals surface area (Å²) in [5.41, 5.74) is 0.935. The van der Waals surface area contributed by atoms with Gasteiger partial charge in [-0.1, -0.05) is 43.2 Å². The Hall–Kier alpha value is -1.15. The van der Waals surface area contributed by atoms with Crippen molar-refractivity contribution < 1.29 is 9.53 Å². The van der Waals surface area contributed by atoms with E-state index in [1.165, 1.54) is 18.4 Å². The lowest BCUT2D eigenvalue weighted by atomic mass is 9.67. The Balaban J connectivity index is 1.94. The number of ether oxygens (including phenoxy) is 1. The summed E-state index contributed by atoms with van der Waals surface area (Å²) >= 11 is 0. The van der Waals surface area contributed by atoms with Gasteiger partial charge in [-0.3, -0.25) is 4.79 Å². The van der Waals surface area contributed by atoms with Crippen molar-refractivity contribution in [3.8, 4) is 0 Å². The van der Waals surface area contributed by atoms with Crippen LogP contribution in [-0.2, 0) is 14.9 Å². The predicted molar refractivity (Wildman–Crippen MR) is 75.1 cm³/mol. The quantitative estimate of drug-likeness (QED) is 0.829. The molecular weight excluding hydrogens is 236 g/mol. The Morgan fingerprint density at radius 3 is 2.32 bits per heavy atom. The van der Waals surface area contributed by atoms with Crippen molar-refractivity contribution in [3.05, 3.63) is 35.9 Å². The van der Waals surface area contributed by atoms with Crippen molar-refractivity contribution in [2.75, 3.05) is 13.2 Å². The highest BCUT2D eigenvalue weighted by molar-refractivity contribution is 5.92. The first-order valence-corrected chi connectivity index (χ1v) is 7.50. The van der Waals surface area contributed by atoms with E-state index in [1.807, 2.05) is 6.07 Å². The standard InChI is InChI=1S/C17H22O2/c18-16(14-6-4-5-7-14)17(10-12-19-13-11-17)15-8-2-1-3-9-15/h1-3,8-9,14H,4-7,10-13H2. The third kappa shape index (κ3) is 2.34. The minimum absolute atomic E-state index is 0.269. The van der Waals surface area contributed by atoms with Crippen LogP contribution in [0.2, 0.25) is 0 Å². The van der Waals surface area contributed by atoms with E-state index in [4.69, 9.17) is 4.74 Å². The zero-order valence-corrected chi connectivity index (χ0v) is 11.4. The molecule has 1 saturated carbocycles. The fraction of sp³-hybridized carbons (Fsp3) is 0.588. The lowest BCUT2D eigenvalue weighted by Gasteiger charge is -2.38. The average Bonchev–Trinajstić information content (AvgIpc) is 3.02. The molecule has 1 aliphatic carbocycles. The molecule has 2 aliphatic rings. The van der Waals surface area contributed by atoms with Gasteiger partial charge in [-0.15, -0.1) is 0 Å². The maximum absolute atomic E-state index is 13.1. The molecule has 0 amide bonds. The minimum atomic E-state index is -0.269. The molecule has 2 heteroatoms. The van der Waals surface area contributed by atoms with Crippen LogP contribution in [0.3, 0.4) is 0 Å². The van der Waals surface area contributed by atoms with Crippen LogP contribution < -0.4 is 0 Å². The third-order valence-electron chi connectivity index (χ3n) is 4.87. The van der Waals surface area contributed by atoms with Crippen LogP contribution in [0.15, 0.2) is 30.3 Å². The zero-order chi connectivity index (χ0) is 13.1. The van der Waals surface area contributed by atoms with Gasteiger partial charge in [0, 0.05) is 19.1 Å². The maximum Gasteiger partial charge on any atom is 0.146 e. The SMILES string of the molecule is O=C(C1CCCC1)C1(c2ccccc2)CCOCC1. The van der Waals surface area contributed by atoms with E-state index < -0.39 is 0 Å². The summed E-state index contributed by atoms with van der Waals surface area (Å²) in [6.07, 6.45) is 6.33. The van der Waals surface area contributed by atoms with Gasteiger partial charge >= 0.3 is 0 Å². The van der Waals surface area contributed by atoms with Crippen molar-refractivity contribution in [2.45, 2.75) is 43.9 Å². The summed E-state index contributed by atoms with van der Waals surface area (Å²) in [6.45, 7) is 1.43. The van der Waals surface area contributed by atoms with Crippen molar-refractivity contribution >= 4 is 5.78 Å². The molecule has 0 atom stereocenters. The third-order valence-corrected chi connectivity index (χ3v) is 4.87. The summed E-state index contributed by atoms with van der Waals surface area (Å²) in [4.78, 5) is 13.1. The molecule has 1 saturated heterocycles. The molecule has 0 N–H and O–H groups in total. The Bertz CT molecular complexity index is 426. The van der Waals surface area contributed by atoms with Gasteiger partial charge in [0.05, 0.1) is 5.41 Å². The highest BCUT2D eigenvalue weighted by Gasteiger charge is 2.44. The smallest absolute Gasteiger partial charge is 0.146 e. The van der Waals surface area contributed by atoms with E-state index in [0.29, 0.717) is 24.9 Å². The highest BCUT2D eigenvalue weighted by atomic mass is 16.5. The molecule has 1 heterocycles. The van der Waals surface area contributed by atoms with E-state index in [2.05, 4.69) is 24.3 Å². The van der Waals surface area contributed by atoms with Gasteiger partial charge in [-0.05, 0) is 31.2 Å². The van der Waals surface area contributed by atoms with Gasteiger partial charge in [-0.2, -0.15) is 0 Å². The van der Waals surface area contributed by atoms with Gasteiger partial charge in [0.25, 0.3) is 0 Å². The van der Waals surface area contributed by atoms with Crippen molar-refractivity contribution in [3.63, 3.8) is 0 Å². The zero-order valence-electron chi connectivity index (χ0n) is 11.4. The van der Waals surface area contributed by atoms with Gasteiger partial charge in [-0.25, -0.2) is 0 Å². The summed E-state index contributed by atoms with van der Waals surface area (Å²) in [5, 5.41) is 0. The maximum atomic E-state index is 13.1. The Labute approximate surface area is 115 Å². The monoisotopic (exact) mass is 258 g/mol. The number of benzene rings is 1. The molecule has 102 valence electrons. The lowest BCUT2D eigenvalue weighted by Crippen LogP contribution is -2.44. The van der Waals surface area contributed by atoms with Crippen LogP contribution in [0.4, 0.5) is 0 Å². The number of hydrogen-bond acceptors (Lipinski definition) is 2. The topological polar surface area (TPSA) is 26.3 Å². The van der Waals surface area contributed by atoms with E-state index in [-0.39, 0.29) is 5.41 Å². The summed E-state index contributed by atoms with van der Waals surface area (Å²) in [6, 6.07) is 10.4. The number of rotatable bonds is 3. The first-order chi connectivity index (χ1) is 9.33. The molecule has 19 heavy (non-hydrogen) atoms. The van der Waals surface area contributed by atoms with E-state index >= 15 is 0 Å². The summed E-state index contributed by atoms with van der Waals surface area (Å²) in [5.74, 6) is 0.776. The molecular formula is C17H22O2.